The maximum atomic E-state index is 13.2. The molecule has 0 spiro atoms. The molecule has 4 rings (SSSR count). The number of carbonyl (C=O) groups is 1. The molecule has 0 radical (unpaired) electrons. The van der Waals surface area contributed by atoms with E-state index in [1.54, 1.807) is 12.1 Å². The lowest BCUT2D eigenvalue weighted by Gasteiger charge is -2.11. The Morgan fingerprint density at radius 2 is 1.75 bits per heavy atom. The van der Waals surface area contributed by atoms with Crippen molar-refractivity contribution in [3.05, 3.63) is 84.7 Å². The molecule has 0 bridgehead atoms. The van der Waals surface area contributed by atoms with Crippen molar-refractivity contribution >= 4 is 22.8 Å². The summed E-state index contributed by atoms with van der Waals surface area (Å²) >= 11 is 0. The fourth-order valence-electron chi connectivity index (χ4n) is 3.13. The molecular formula is C22H19FN4O. The van der Waals surface area contributed by atoms with E-state index < -0.39 is 5.82 Å². The zero-order valence-electron chi connectivity index (χ0n) is 15.1. The summed E-state index contributed by atoms with van der Waals surface area (Å²) < 4.78 is 15.3. The van der Waals surface area contributed by atoms with Crippen LogP contribution in [0.25, 0.3) is 22.4 Å². The highest BCUT2D eigenvalue weighted by Gasteiger charge is 2.12. The van der Waals surface area contributed by atoms with Gasteiger partial charge in [-0.05, 0) is 30.3 Å². The quantitative estimate of drug-likeness (QED) is 0.534. The summed E-state index contributed by atoms with van der Waals surface area (Å²) in [5.41, 5.74) is 3.35. The summed E-state index contributed by atoms with van der Waals surface area (Å²) in [4.78, 5) is 16.9. The fraction of sp³-hybridized carbons (Fsp3) is 0.0909. The predicted octanol–water partition coefficient (Wildman–Crippen LogP) is 4.66. The van der Waals surface area contributed by atoms with Crippen LogP contribution in [0.5, 0.6) is 0 Å². The molecule has 0 aliphatic carbocycles. The predicted molar refractivity (Wildman–Crippen MR) is 109 cm³/mol. The molecule has 0 saturated heterocycles. The average Bonchev–Trinajstić information content (AvgIpc) is 3.07. The molecule has 3 aromatic carbocycles. The van der Waals surface area contributed by atoms with Crippen molar-refractivity contribution < 1.29 is 9.18 Å². The van der Waals surface area contributed by atoms with Gasteiger partial charge in [-0.2, -0.15) is 0 Å². The van der Waals surface area contributed by atoms with Gasteiger partial charge >= 0.3 is 6.03 Å². The van der Waals surface area contributed by atoms with Crippen molar-refractivity contribution in [2.45, 2.75) is 6.54 Å². The molecule has 2 N–H and O–H groups in total. The van der Waals surface area contributed by atoms with E-state index in [9.17, 15) is 9.18 Å². The van der Waals surface area contributed by atoms with E-state index in [-0.39, 0.29) is 6.03 Å². The van der Waals surface area contributed by atoms with E-state index in [0.717, 1.165) is 22.4 Å². The van der Waals surface area contributed by atoms with Crippen LogP contribution in [0.3, 0.4) is 0 Å². The molecule has 0 saturated carbocycles. The number of urea groups is 1. The van der Waals surface area contributed by atoms with Crippen molar-refractivity contribution in [3.8, 4) is 11.4 Å². The first-order valence-electron chi connectivity index (χ1n) is 9.02. The first-order chi connectivity index (χ1) is 13.7. The fourth-order valence-corrected chi connectivity index (χ4v) is 3.13. The number of nitrogens with zero attached hydrogens (tertiary/aromatic N) is 2. The van der Waals surface area contributed by atoms with Gasteiger partial charge in [0.1, 0.15) is 11.6 Å². The van der Waals surface area contributed by atoms with Gasteiger partial charge in [0.25, 0.3) is 0 Å². The second kappa shape index (κ2) is 7.92. The third-order valence-corrected chi connectivity index (χ3v) is 4.39. The summed E-state index contributed by atoms with van der Waals surface area (Å²) in [6.07, 6.45) is 0. The van der Waals surface area contributed by atoms with Crippen LogP contribution < -0.4 is 10.6 Å². The minimum Gasteiger partial charge on any atom is -0.336 e. The molecule has 0 unspecified atom stereocenters. The number of rotatable bonds is 5. The normalized spacial score (nSPS) is 10.8. The topological polar surface area (TPSA) is 59.0 Å². The molecule has 1 heterocycles. The number of benzene rings is 3. The zero-order valence-corrected chi connectivity index (χ0v) is 15.1. The number of para-hydroxylation sites is 2. The van der Waals surface area contributed by atoms with Crippen molar-refractivity contribution in [2.24, 2.45) is 0 Å². The number of aromatic nitrogens is 2. The Bertz CT molecular complexity index is 1110. The second-order valence-electron chi connectivity index (χ2n) is 6.33. The number of nitrogens with one attached hydrogen (secondary N) is 2. The van der Waals surface area contributed by atoms with Gasteiger partial charge in [-0.25, -0.2) is 14.2 Å². The van der Waals surface area contributed by atoms with Gasteiger partial charge in [0, 0.05) is 24.3 Å². The monoisotopic (exact) mass is 374 g/mol. The number of anilines is 1. The Kier molecular flexibility index (Phi) is 5.01. The first kappa shape index (κ1) is 17.7. The largest absolute Gasteiger partial charge is 0.336 e. The van der Waals surface area contributed by atoms with E-state index in [1.807, 2.05) is 54.6 Å². The average molecular weight is 374 g/mol. The Morgan fingerprint density at radius 1 is 0.964 bits per heavy atom. The summed E-state index contributed by atoms with van der Waals surface area (Å²) in [7, 11) is 0. The Labute approximate surface area is 161 Å². The number of hydrogen-bond donors (Lipinski definition) is 2. The van der Waals surface area contributed by atoms with Crippen LogP contribution in [0.1, 0.15) is 0 Å². The number of hydrogen-bond acceptors (Lipinski definition) is 2. The minimum absolute atomic E-state index is 0.378. The smallest absolute Gasteiger partial charge is 0.319 e. The van der Waals surface area contributed by atoms with Gasteiger partial charge in [0.15, 0.2) is 0 Å². The molecule has 0 atom stereocenters. The van der Waals surface area contributed by atoms with E-state index in [4.69, 9.17) is 4.98 Å². The van der Waals surface area contributed by atoms with Crippen LogP contribution in [-0.2, 0) is 6.54 Å². The van der Waals surface area contributed by atoms with Gasteiger partial charge in [0.05, 0.1) is 11.0 Å². The van der Waals surface area contributed by atoms with E-state index in [2.05, 4.69) is 15.2 Å². The van der Waals surface area contributed by atoms with Crippen LogP contribution in [-0.4, -0.2) is 22.1 Å². The van der Waals surface area contributed by atoms with Crippen LogP contribution >= 0.6 is 0 Å². The molecule has 4 aromatic rings. The molecule has 28 heavy (non-hydrogen) atoms. The highest BCUT2D eigenvalue weighted by molar-refractivity contribution is 5.89. The summed E-state index contributed by atoms with van der Waals surface area (Å²) in [5, 5.41) is 5.44. The Morgan fingerprint density at radius 3 is 2.57 bits per heavy atom. The van der Waals surface area contributed by atoms with E-state index >= 15 is 0 Å². The van der Waals surface area contributed by atoms with Crippen molar-refractivity contribution in [3.63, 3.8) is 0 Å². The number of carbonyl (C=O) groups excluding carboxylic acids is 1. The minimum atomic E-state index is -0.393. The van der Waals surface area contributed by atoms with Crippen molar-refractivity contribution in [1.29, 1.82) is 0 Å². The molecule has 0 aliphatic heterocycles. The molecule has 0 aliphatic rings. The molecule has 0 fully saturated rings. The lowest BCUT2D eigenvalue weighted by atomic mass is 10.2. The molecule has 5 nitrogen and oxygen atoms in total. The van der Waals surface area contributed by atoms with Gasteiger partial charge in [-0.3, -0.25) is 0 Å². The number of fused-ring (bicyclic) bond motifs is 1. The number of halogens is 1. The highest BCUT2D eigenvalue weighted by atomic mass is 19.1. The van der Waals surface area contributed by atoms with Crippen LogP contribution in [0.2, 0.25) is 0 Å². The zero-order chi connectivity index (χ0) is 19.3. The Balaban J connectivity index is 1.49. The molecule has 1 aromatic heterocycles. The van der Waals surface area contributed by atoms with Crippen LogP contribution in [0.4, 0.5) is 14.9 Å². The highest BCUT2D eigenvalue weighted by Crippen LogP contribution is 2.24. The van der Waals surface area contributed by atoms with Gasteiger partial charge in [-0.15, -0.1) is 0 Å². The standard InChI is InChI=1S/C22H19FN4O/c23-17-9-6-10-18(15-17)25-22(28)24-13-14-27-20-12-5-4-11-19(20)26-21(27)16-7-2-1-3-8-16/h1-12,15H,13-14H2,(H2,24,25,28). The summed E-state index contributed by atoms with van der Waals surface area (Å²) in [6, 6.07) is 23.3. The third-order valence-electron chi connectivity index (χ3n) is 4.39. The van der Waals surface area contributed by atoms with E-state index in [1.165, 1.54) is 12.1 Å². The SMILES string of the molecule is O=C(NCCn1c(-c2ccccc2)nc2ccccc21)Nc1cccc(F)c1. The lowest BCUT2D eigenvalue weighted by molar-refractivity contribution is 0.251. The summed E-state index contributed by atoms with van der Waals surface area (Å²) in [6.45, 7) is 0.961. The van der Waals surface area contributed by atoms with Crippen molar-refractivity contribution in [2.75, 3.05) is 11.9 Å². The lowest BCUT2D eigenvalue weighted by Crippen LogP contribution is -2.31. The maximum absolute atomic E-state index is 13.2. The van der Waals surface area contributed by atoms with Crippen LogP contribution in [0, 0.1) is 5.82 Å². The molecule has 2 amide bonds. The Hall–Kier alpha value is -3.67. The summed E-state index contributed by atoms with van der Waals surface area (Å²) in [5.74, 6) is 0.462. The number of imidazole rings is 1. The van der Waals surface area contributed by atoms with Gasteiger partial charge < -0.3 is 15.2 Å². The number of amides is 2. The molecule has 140 valence electrons. The van der Waals surface area contributed by atoms with Gasteiger partial charge in [0.2, 0.25) is 0 Å². The van der Waals surface area contributed by atoms with Crippen LogP contribution in [0.15, 0.2) is 78.9 Å². The first-order valence-corrected chi connectivity index (χ1v) is 9.02. The molecule has 6 heteroatoms. The van der Waals surface area contributed by atoms with Crippen molar-refractivity contribution in [1.82, 2.24) is 14.9 Å². The molecular weight excluding hydrogens is 355 g/mol. The third kappa shape index (κ3) is 3.86. The van der Waals surface area contributed by atoms with E-state index in [0.29, 0.717) is 18.8 Å². The van der Waals surface area contributed by atoms with Gasteiger partial charge in [-0.1, -0.05) is 48.5 Å². The second-order valence-corrected chi connectivity index (χ2v) is 6.33. The maximum Gasteiger partial charge on any atom is 0.319 e.